The standard InChI is InChI=1S/C14H24N4/c1-5-12-13(15-4)16-9-17-14(12)18-7-6-10(2)8-11(18)3/h9-11H,5-8H2,1-4H3,(H,15,16,17). The number of aromatic nitrogens is 2. The number of hydrogen-bond acceptors (Lipinski definition) is 4. The molecule has 18 heavy (non-hydrogen) atoms. The topological polar surface area (TPSA) is 41.1 Å². The van der Waals surface area contributed by atoms with Crippen molar-refractivity contribution in [2.45, 2.75) is 46.1 Å². The molecule has 2 heterocycles. The minimum atomic E-state index is 0.568. The van der Waals surface area contributed by atoms with Crippen LogP contribution in [0.2, 0.25) is 0 Å². The van der Waals surface area contributed by atoms with Crippen LogP contribution in [0, 0.1) is 5.92 Å². The Morgan fingerprint density at radius 1 is 1.39 bits per heavy atom. The molecule has 1 aliphatic rings. The van der Waals surface area contributed by atoms with E-state index in [-0.39, 0.29) is 0 Å². The average Bonchev–Trinajstić information content (AvgIpc) is 2.37. The van der Waals surface area contributed by atoms with Crippen LogP contribution in [-0.2, 0) is 6.42 Å². The summed E-state index contributed by atoms with van der Waals surface area (Å²) in [6.45, 7) is 7.92. The Morgan fingerprint density at radius 2 is 2.17 bits per heavy atom. The first-order valence-electron chi connectivity index (χ1n) is 6.95. The van der Waals surface area contributed by atoms with E-state index in [0.29, 0.717) is 6.04 Å². The number of hydrogen-bond donors (Lipinski definition) is 1. The van der Waals surface area contributed by atoms with E-state index in [4.69, 9.17) is 0 Å². The number of anilines is 2. The van der Waals surface area contributed by atoms with E-state index in [0.717, 1.165) is 30.5 Å². The van der Waals surface area contributed by atoms with Crippen LogP contribution in [0.5, 0.6) is 0 Å². The van der Waals surface area contributed by atoms with E-state index in [9.17, 15) is 0 Å². The second-order valence-electron chi connectivity index (χ2n) is 5.30. The molecular formula is C14H24N4. The van der Waals surface area contributed by atoms with Crippen LogP contribution in [0.15, 0.2) is 6.33 Å². The molecule has 2 unspecified atom stereocenters. The number of rotatable bonds is 3. The van der Waals surface area contributed by atoms with Gasteiger partial charge < -0.3 is 10.2 Å². The molecule has 4 nitrogen and oxygen atoms in total. The zero-order chi connectivity index (χ0) is 13.1. The fourth-order valence-corrected chi connectivity index (χ4v) is 2.91. The highest BCUT2D eigenvalue weighted by molar-refractivity contribution is 5.59. The molecule has 1 fully saturated rings. The maximum atomic E-state index is 4.53. The van der Waals surface area contributed by atoms with Gasteiger partial charge in [0.15, 0.2) is 0 Å². The van der Waals surface area contributed by atoms with Gasteiger partial charge in [0.2, 0.25) is 0 Å². The zero-order valence-corrected chi connectivity index (χ0v) is 11.9. The minimum absolute atomic E-state index is 0.568. The van der Waals surface area contributed by atoms with Crippen molar-refractivity contribution in [3.8, 4) is 0 Å². The highest BCUT2D eigenvalue weighted by Gasteiger charge is 2.26. The number of nitrogens with zero attached hydrogens (tertiary/aromatic N) is 3. The molecule has 1 aromatic rings. The normalized spacial score (nSPS) is 24.1. The summed E-state index contributed by atoms with van der Waals surface area (Å²) < 4.78 is 0. The quantitative estimate of drug-likeness (QED) is 0.893. The monoisotopic (exact) mass is 248 g/mol. The van der Waals surface area contributed by atoms with Gasteiger partial charge in [0.05, 0.1) is 0 Å². The maximum absolute atomic E-state index is 4.53. The predicted octanol–water partition coefficient (Wildman–Crippen LogP) is 2.71. The van der Waals surface area contributed by atoms with Crippen molar-refractivity contribution in [3.63, 3.8) is 0 Å². The molecule has 4 heteroatoms. The number of nitrogens with one attached hydrogen (secondary N) is 1. The van der Waals surface area contributed by atoms with Crippen molar-refractivity contribution < 1.29 is 0 Å². The Bertz CT molecular complexity index is 405. The third-order valence-electron chi connectivity index (χ3n) is 3.92. The van der Waals surface area contributed by atoms with Crippen LogP contribution in [0.4, 0.5) is 11.6 Å². The minimum Gasteiger partial charge on any atom is -0.373 e. The molecule has 0 aromatic carbocycles. The van der Waals surface area contributed by atoms with Crippen LogP contribution in [0.1, 0.15) is 39.2 Å². The lowest BCUT2D eigenvalue weighted by Gasteiger charge is -2.38. The first-order valence-corrected chi connectivity index (χ1v) is 6.95. The molecule has 0 aliphatic carbocycles. The Labute approximate surface area is 110 Å². The largest absolute Gasteiger partial charge is 0.373 e. The van der Waals surface area contributed by atoms with Crippen molar-refractivity contribution in [3.05, 3.63) is 11.9 Å². The van der Waals surface area contributed by atoms with Gasteiger partial charge in [0, 0.05) is 25.2 Å². The summed E-state index contributed by atoms with van der Waals surface area (Å²) in [6.07, 6.45) is 5.14. The summed E-state index contributed by atoms with van der Waals surface area (Å²) in [5.74, 6) is 2.91. The first kappa shape index (κ1) is 13.1. The lowest BCUT2D eigenvalue weighted by Crippen LogP contribution is -2.41. The average molecular weight is 248 g/mol. The lowest BCUT2D eigenvalue weighted by molar-refractivity contribution is 0.375. The third-order valence-corrected chi connectivity index (χ3v) is 3.92. The summed E-state index contributed by atoms with van der Waals surface area (Å²) in [5.41, 5.74) is 1.24. The molecule has 1 saturated heterocycles. The Hall–Kier alpha value is -1.32. The van der Waals surface area contributed by atoms with E-state index in [1.54, 1.807) is 6.33 Å². The van der Waals surface area contributed by atoms with Crippen LogP contribution in [-0.4, -0.2) is 29.6 Å². The van der Waals surface area contributed by atoms with E-state index in [2.05, 4.69) is 41.0 Å². The molecule has 0 radical (unpaired) electrons. The predicted molar refractivity (Wildman–Crippen MR) is 76.2 cm³/mol. The van der Waals surface area contributed by atoms with Crippen LogP contribution in [0.3, 0.4) is 0 Å². The summed E-state index contributed by atoms with van der Waals surface area (Å²) in [4.78, 5) is 11.3. The Balaban J connectivity index is 2.32. The lowest BCUT2D eigenvalue weighted by atomic mass is 9.93. The fraction of sp³-hybridized carbons (Fsp3) is 0.714. The summed E-state index contributed by atoms with van der Waals surface area (Å²) in [7, 11) is 1.92. The molecule has 0 spiro atoms. The molecule has 1 aliphatic heterocycles. The van der Waals surface area contributed by atoms with Crippen LogP contribution < -0.4 is 10.2 Å². The van der Waals surface area contributed by atoms with Crippen molar-refractivity contribution in [2.75, 3.05) is 23.8 Å². The van der Waals surface area contributed by atoms with E-state index >= 15 is 0 Å². The number of piperidine rings is 1. The van der Waals surface area contributed by atoms with Gasteiger partial charge in [-0.3, -0.25) is 0 Å². The molecule has 0 bridgehead atoms. The summed E-state index contributed by atoms with van der Waals surface area (Å²) in [5, 5.41) is 3.17. The second kappa shape index (κ2) is 5.55. The van der Waals surface area contributed by atoms with Gasteiger partial charge in [0.1, 0.15) is 18.0 Å². The van der Waals surface area contributed by atoms with E-state index in [1.807, 2.05) is 7.05 Å². The van der Waals surface area contributed by atoms with Gasteiger partial charge in [-0.1, -0.05) is 13.8 Å². The first-order chi connectivity index (χ1) is 8.67. The molecule has 100 valence electrons. The van der Waals surface area contributed by atoms with Crippen LogP contribution in [0.25, 0.3) is 0 Å². The van der Waals surface area contributed by atoms with Crippen molar-refractivity contribution in [1.82, 2.24) is 9.97 Å². The maximum Gasteiger partial charge on any atom is 0.137 e. The third kappa shape index (κ3) is 2.42. The summed E-state index contributed by atoms with van der Waals surface area (Å²) in [6, 6.07) is 0.568. The van der Waals surface area contributed by atoms with Gasteiger partial charge in [-0.15, -0.1) is 0 Å². The Morgan fingerprint density at radius 3 is 2.78 bits per heavy atom. The highest BCUT2D eigenvalue weighted by atomic mass is 15.2. The molecule has 2 rings (SSSR count). The van der Waals surface area contributed by atoms with Gasteiger partial charge in [-0.2, -0.15) is 0 Å². The van der Waals surface area contributed by atoms with Gasteiger partial charge in [-0.25, -0.2) is 9.97 Å². The van der Waals surface area contributed by atoms with Crippen molar-refractivity contribution in [1.29, 1.82) is 0 Å². The molecule has 0 saturated carbocycles. The summed E-state index contributed by atoms with van der Waals surface area (Å²) >= 11 is 0. The Kier molecular flexibility index (Phi) is 4.04. The van der Waals surface area contributed by atoms with E-state index < -0.39 is 0 Å². The second-order valence-corrected chi connectivity index (χ2v) is 5.30. The zero-order valence-electron chi connectivity index (χ0n) is 11.9. The molecule has 2 atom stereocenters. The van der Waals surface area contributed by atoms with Crippen molar-refractivity contribution >= 4 is 11.6 Å². The molecular weight excluding hydrogens is 224 g/mol. The molecule has 0 amide bonds. The smallest absolute Gasteiger partial charge is 0.137 e. The SMILES string of the molecule is CCc1c(NC)ncnc1N1CCC(C)CC1C. The highest BCUT2D eigenvalue weighted by Crippen LogP contribution is 2.30. The van der Waals surface area contributed by atoms with E-state index in [1.165, 1.54) is 18.4 Å². The van der Waals surface area contributed by atoms with Gasteiger partial charge in [0.25, 0.3) is 0 Å². The van der Waals surface area contributed by atoms with Gasteiger partial charge >= 0.3 is 0 Å². The van der Waals surface area contributed by atoms with Crippen LogP contribution >= 0.6 is 0 Å². The van der Waals surface area contributed by atoms with Gasteiger partial charge in [-0.05, 0) is 32.1 Å². The molecule has 1 aromatic heterocycles. The fourth-order valence-electron chi connectivity index (χ4n) is 2.91. The molecule has 1 N–H and O–H groups in total. The van der Waals surface area contributed by atoms with Crippen molar-refractivity contribution in [2.24, 2.45) is 5.92 Å².